The first-order valence-electron chi connectivity index (χ1n) is 9.88. The molecule has 1 saturated heterocycles. The number of aromatic nitrogens is 1. The van der Waals surface area contributed by atoms with Gasteiger partial charge in [-0.15, -0.1) is 0 Å². The van der Waals surface area contributed by atoms with E-state index in [4.69, 9.17) is 0 Å². The topological polar surface area (TPSA) is 71.4 Å². The van der Waals surface area contributed by atoms with Crippen LogP contribution in [0.2, 0.25) is 0 Å². The van der Waals surface area contributed by atoms with E-state index in [9.17, 15) is 13.2 Å². The third-order valence-electron chi connectivity index (χ3n) is 5.50. The molecule has 6 nitrogen and oxygen atoms in total. The van der Waals surface area contributed by atoms with Crippen molar-refractivity contribution in [3.63, 3.8) is 0 Å². The predicted octanol–water partition coefficient (Wildman–Crippen LogP) is 3.28. The molecule has 0 atom stereocenters. The van der Waals surface area contributed by atoms with E-state index in [2.05, 4.69) is 5.32 Å². The highest BCUT2D eigenvalue weighted by molar-refractivity contribution is 7.89. The molecule has 1 aliphatic heterocycles. The first-order chi connectivity index (χ1) is 14.0. The van der Waals surface area contributed by atoms with Crippen LogP contribution in [0.1, 0.15) is 35.3 Å². The van der Waals surface area contributed by atoms with Crippen LogP contribution in [0.15, 0.2) is 59.5 Å². The number of amides is 1. The molecule has 0 radical (unpaired) electrons. The number of sulfonamides is 1. The predicted molar refractivity (Wildman–Crippen MR) is 113 cm³/mol. The lowest BCUT2D eigenvalue weighted by Crippen LogP contribution is -2.35. The highest BCUT2D eigenvalue weighted by atomic mass is 32.2. The molecule has 1 aromatic heterocycles. The first-order valence-corrected chi connectivity index (χ1v) is 11.3. The number of piperidine rings is 1. The maximum Gasteiger partial charge on any atom is 0.268 e. The van der Waals surface area contributed by atoms with Crippen LogP contribution in [0.3, 0.4) is 0 Å². The SMILES string of the molecule is Cn1c(C(=O)NCc2ccccc2)cc2cc(S(=O)(=O)N3CCCCC3)ccc21. The van der Waals surface area contributed by atoms with Gasteiger partial charge in [-0.2, -0.15) is 4.31 Å². The minimum atomic E-state index is -3.50. The number of fused-ring (bicyclic) bond motifs is 1. The zero-order valence-electron chi connectivity index (χ0n) is 16.5. The molecule has 29 heavy (non-hydrogen) atoms. The van der Waals surface area contributed by atoms with Gasteiger partial charge in [0, 0.05) is 37.6 Å². The van der Waals surface area contributed by atoms with E-state index in [1.165, 1.54) is 0 Å². The number of benzene rings is 2. The van der Waals surface area contributed by atoms with Gasteiger partial charge in [-0.05, 0) is 42.7 Å². The summed E-state index contributed by atoms with van der Waals surface area (Å²) in [5.74, 6) is -0.187. The molecular weight excluding hydrogens is 386 g/mol. The van der Waals surface area contributed by atoms with Crippen molar-refractivity contribution in [1.29, 1.82) is 0 Å². The summed E-state index contributed by atoms with van der Waals surface area (Å²) in [6.45, 7) is 1.58. The van der Waals surface area contributed by atoms with Crippen molar-refractivity contribution >= 4 is 26.8 Å². The van der Waals surface area contributed by atoms with Crippen molar-refractivity contribution in [2.75, 3.05) is 13.1 Å². The third kappa shape index (κ3) is 3.93. The molecule has 3 aromatic rings. The number of rotatable bonds is 5. The molecule has 1 aliphatic rings. The summed E-state index contributed by atoms with van der Waals surface area (Å²) in [6.07, 6.45) is 2.88. The van der Waals surface area contributed by atoms with Crippen LogP contribution in [-0.4, -0.2) is 36.3 Å². The zero-order valence-corrected chi connectivity index (χ0v) is 17.3. The number of hydrogen-bond donors (Lipinski definition) is 1. The molecular formula is C22H25N3O3S. The molecule has 0 unspecified atom stereocenters. The van der Waals surface area contributed by atoms with E-state index in [0.29, 0.717) is 25.3 Å². The number of nitrogens with one attached hydrogen (secondary N) is 1. The quantitative estimate of drug-likeness (QED) is 0.700. The number of nitrogens with zero attached hydrogens (tertiary/aromatic N) is 2. The third-order valence-corrected chi connectivity index (χ3v) is 7.39. The standard InChI is InChI=1S/C22H25N3O3S/c1-24-20-11-10-19(29(27,28)25-12-6-3-7-13-25)14-18(20)15-21(24)22(26)23-16-17-8-4-2-5-9-17/h2,4-5,8-11,14-15H,3,6-7,12-13,16H2,1H3,(H,23,26). The molecule has 152 valence electrons. The van der Waals surface area contributed by atoms with Crippen LogP contribution in [0.25, 0.3) is 10.9 Å². The summed E-state index contributed by atoms with van der Waals surface area (Å²) in [5, 5.41) is 3.67. The Morgan fingerprint density at radius 1 is 1.00 bits per heavy atom. The van der Waals surface area contributed by atoms with Gasteiger partial charge in [0.1, 0.15) is 5.69 Å². The fraction of sp³-hybridized carbons (Fsp3) is 0.318. The van der Waals surface area contributed by atoms with Crippen molar-refractivity contribution < 1.29 is 13.2 Å². The summed E-state index contributed by atoms with van der Waals surface area (Å²) < 4.78 is 29.3. The second-order valence-electron chi connectivity index (χ2n) is 7.44. The zero-order chi connectivity index (χ0) is 20.4. The van der Waals surface area contributed by atoms with Gasteiger partial charge in [-0.25, -0.2) is 8.42 Å². The molecule has 2 heterocycles. The van der Waals surface area contributed by atoms with Crippen LogP contribution >= 0.6 is 0 Å². The fourth-order valence-electron chi connectivity index (χ4n) is 3.83. The van der Waals surface area contributed by atoms with Crippen molar-refractivity contribution in [2.24, 2.45) is 7.05 Å². The first kappa shape index (κ1) is 19.7. The Morgan fingerprint density at radius 2 is 1.72 bits per heavy atom. The van der Waals surface area contributed by atoms with Crippen molar-refractivity contribution in [2.45, 2.75) is 30.7 Å². The van der Waals surface area contributed by atoms with Crippen LogP contribution in [-0.2, 0) is 23.6 Å². The van der Waals surface area contributed by atoms with E-state index in [1.54, 1.807) is 33.1 Å². The largest absolute Gasteiger partial charge is 0.347 e. The summed E-state index contributed by atoms with van der Waals surface area (Å²) in [6, 6.07) is 16.6. The summed E-state index contributed by atoms with van der Waals surface area (Å²) in [4.78, 5) is 13.0. The highest BCUT2D eigenvalue weighted by Gasteiger charge is 2.26. The Bertz CT molecular complexity index is 1130. The van der Waals surface area contributed by atoms with Gasteiger partial charge in [-0.1, -0.05) is 36.8 Å². The smallest absolute Gasteiger partial charge is 0.268 e. The Labute approximate surface area is 171 Å². The maximum absolute atomic E-state index is 13.0. The summed E-state index contributed by atoms with van der Waals surface area (Å²) in [7, 11) is -1.68. The van der Waals surface area contributed by atoms with Crippen LogP contribution in [0.5, 0.6) is 0 Å². The Balaban J connectivity index is 1.59. The van der Waals surface area contributed by atoms with E-state index in [-0.39, 0.29) is 10.8 Å². The minimum absolute atomic E-state index is 0.187. The second-order valence-corrected chi connectivity index (χ2v) is 9.38. The van der Waals surface area contributed by atoms with Gasteiger partial charge in [0.15, 0.2) is 0 Å². The number of hydrogen-bond acceptors (Lipinski definition) is 3. The monoisotopic (exact) mass is 411 g/mol. The van der Waals surface area contributed by atoms with E-state index in [1.807, 2.05) is 37.4 Å². The molecule has 1 N–H and O–H groups in total. The van der Waals surface area contributed by atoms with Gasteiger partial charge in [0.2, 0.25) is 10.0 Å². The lowest BCUT2D eigenvalue weighted by atomic mass is 10.2. The average molecular weight is 412 g/mol. The van der Waals surface area contributed by atoms with Gasteiger partial charge in [0.25, 0.3) is 5.91 Å². The molecule has 7 heteroatoms. The van der Waals surface area contributed by atoms with Gasteiger partial charge in [0.05, 0.1) is 4.90 Å². The molecule has 0 aliphatic carbocycles. The van der Waals surface area contributed by atoms with E-state index < -0.39 is 10.0 Å². The normalized spacial score (nSPS) is 15.5. The Kier molecular flexibility index (Phi) is 5.43. The molecule has 4 rings (SSSR count). The lowest BCUT2D eigenvalue weighted by molar-refractivity contribution is 0.0943. The molecule has 0 saturated carbocycles. The summed E-state index contributed by atoms with van der Waals surface area (Å²) >= 11 is 0. The van der Waals surface area contributed by atoms with Crippen LogP contribution < -0.4 is 5.32 Å². The van der Waals surface area contributed by atoms with E-state index in [0.717, 1.165) is 35.7 Å². The molecule has 1 fully saturated rings. The van der Waals surface area contributed by atoms with Gasteiger partial charge < -0.3 is 9.88 Å². The Morgan fingerprint density at radius 3 is 2.45 bits per heavy atom. The van der Waals surface area contributed by atoms with Gasteiger partial charge >= 0.3 is 0 Å². The van der Waals surface area contributed by atoms with E-state index >= 15 is 0 Å². The number of carbonyl (C=O) groups is 1. The van der Waals surface area contributed by atoms with Crippen molar-refractivity contribution in [1.82, 2.24) is 14.2 Å². The molecule has 0 spiro atoms. The fourth-order valence-corrected chi connectivity index (χ4v) is 5.38. The summed E-state index contributed by atoms with van der Waals surface area (Å²) in [5.41, 5.74) is 2.35. The molecule has 0 bridgehead atoms. The van der Waals surface area contributed by atoms with Crippen molar-refractivity contribution in [3.8, 4) is 0 Å². The molecule has 1 amide bonds. The van der Waals surface area contributed by atoms with Crippen LogP contribution in [0.4, 0.5) is 0 Å². The number of aryl methyl sites for hydroxylation is 1. The second kappa shape index (κ2) is 8.00. The number of carbonyl (C=O) groups excluding carboxylic acids is 1. The highest BCUT2D eigenvalue weighted by Crippen LogP contribution is 2.26. The van der Waals surface area contributed by atoms with Crippen LogP contribution in [0, 0.1) is 0 Å². The Hall–Kier alpha value is -2.64. The lowest BCUT2D eigenvalue weighted by Gasteiger charge is -2.25. The minimum Gasteiger partial charge on any atom is -0.347 e. The molecule has 2 aromatic carbocycles. The van der Waals surface area contributed by atoms with Gasteiger partial charge in [-0.3, -0.25) is 4.79 Å². The maximum atomic E-state index is 13.0. The average Bonchev–Trinajstić information content (AvgIpc) is 3.09. The van der Waals surface area contributed by atoms with Crippen molar-refractivity contribution in [3.05, 3.63) is 65.9 Å².